The molecule has 78 valence electrons. The van der Waals surface area contributed by atoms with Crippen LogP contribution in [0.3, 0.4) is 0 Å². The zero-order chi connectivity index (χ0) is 9.94. The lowest BCUT2D eigenvalue weighted by atomic mass is 10.2. The first-order valence-corrected chi connectivity index (χ1v) is 4.72. The molecule has 1 heterocycles. The average Bonchev–Trinajstić information content (AvgIpc) is 2.22. The molecule has 1 rings (SSSR count). The van der Waals surface area contributed by atoms with Crippen LogP contribution in [-0.2, 0) is 9.47 Å². The Morgan fingerprint density at radius 1 is 1.31 bits per heavy atom. The molecule has 1 aliphatic rings. The van der Waals surface area contributed by atoms with Crippen molar-refractivity contribution in [2.45, 2.75) is 26.2 Å². The van der Waals surface area contributed by atoms with E-state index in [1.165, 1.54) is 39.5 Å². The summed E-state index contributed by atoms with van der Waals surface area (Å²) in [4.78, 5) is 9.97. The highest BCUT2D eigenvalue weighted by molar-refractivity contribution is 5.59. The summed E-state index contributed by atoms with van der Waals surface area (Å²) in [5, 5.41) is 3.28. The second-order valence-corrected chi connectivity index (χ2v) is 2.70. The van der Waals surface area contributed by atoms with Gasteiger partial charge in [-0.2, -0.15) is 0 Å². The van der Waals surface area contributed by atoms with Crippen molar-refractivity contribution < 1.29 is 14.3 Å². The second-order valence-electron chi connectivity index (χ2n) is 2.70. The summed E-state index contributed by atoms with van der Waals surface area (Å²) in [6.45, 7) is 4.59. The molecule has 0 aromatic rings. The first-order valence-electron chi connectivity index (χ1n) is 4.72. The Hall–Kier alpha value is -0.770. The van der Waals surface area contributed by atoms with E-state index >= 15 is 0 Å². The highest BCUT2D eigenvalue weighted by Gasteiger charge is 1.93. The van der Waals surface area contributed by atoms with Gasteiger partial charge in [-0.15, -0.1) is 0 Å². The van der Waals surface area contributed by atoms with E-state index in [4.69, 9.17) is 0 Å². The molecule has 0 amide bonds. The summed E-state index contributed by atoms with van der Waals surface area (Å²) in [7, 11) is 1.28. The molecule has 0 aromatic heterocycles. The van der Waals surface area contributed by atoms with Crippen LogP contribution in [-0.4, -0.2) is 33.0 Å². The lowest BCUT2D eigenvalue weighted by Gasteiger charge is -2.08. The van der Waals surface area contributed by atoms with Crippen LogP contribution in [0.25, 0.3) is 0 Å². The minimum absolute atomic E-state index is 0.368. The van der Waals surface area contributed by atoms with Gasteiger partial charge in [0, 0.05) is 0 Å². The van der Waals surface area contributed by atoms with Crippen LogP contribution in [0.15, 0.2) is 0 Å². The fraction of sp³-hybridized carbons (Fsp3) is 0.889. The normalized spacial score (nSPS) is 15.2. The third-order valence-corrected chi connectivity index (χ3v) is 1.64. The van der Waals surface area contributed by atoms with Crippen LogP contribution in [0.4, 0.5) is 4.79 Å². The molecule has 0 spiro atoms. The fourth-order valence-electron chi connectivity index (χ4n) is 0.979. The summed E-state index contributed by atoms with van der Waals surface area (Å²) < 4.78 is 8.46. The largest absolute Gasteiger partial charge is 0.507 e. The van der Waals surface area contributed by atoms with Crippen molar-refractivity contribution >= 4 is 6.16 Å². The smallest absolute Gasteiger partial charge is 0.438 e. The van der Waals surface area contributed by atoms with Gasteiger partial charge in [-0.25, -0.2) is 4.79 Å². The molecule has 1 aliphatic heterocycles. The molecule has 1 saturated heterocycles. The molecular weight excluding hydrogens is 170 g/mol. The van der Waals surface area contributed by atoms with E-state index in [1.54, 1.807) is 6.92 Å². The van der Waals surface area contributed by atoms with Crippen molar-refractivity contribution in [2.75, 3.05) is 26.8 Å². The summed E-state index contributed by atoms with van der Waals surface area (Å²) in [5.74, 6) is 0. The van der Waals surface area contributed by atoms with Gasteiger partial charge in [-0.1, -0.05) is 6.42 Å². The Morgan fingerprint density at radius 2 is 1.92 bits per heavy atom. The van der Waals surface area contributed by atoms with Crippen molar-refractivity contribution in [2.24, 2.45) is 0 Å². The molecule has 4 heteroatoms. The predicted octanol–water partition coefficient (Wildman–Crippen LogP) is 1.55. The predicted molar refractivity (Wildman–Crippen MR) is 50.8 cm³/mol. The van der Waals surface area contributed by atoms with Crippen LogP contribution < -0.4 is 5.32 Å². The summed E-state index contributed by atoms with van der Waals surface area (Å²) >= 11 is 0. The monoisotopic (exact) mass is 189 g/mol. The Kier molecular flexibility index (Phi) is 8.77. The highest BCUT2D eigenvalue weighted by atomic mass is 16.7. The van der Waals surface area contributed by atoms with E-state index in [-0.39, 0.29) is 0 Å². The van der Waals surface area contributed by atoms with E-state index in [0.29, 0.717) is 6.61 Å². The van der Waals surface area contributed by atoms with Crippen molar-refractivity contribution in [3.8, 4) is 0 Å². The van der Waals surface area contributed by atoms with Crippen LogP contribution in [0.2, 0.25) is 0 Å². The van der Waals surface area contributed by atoms with Crippen LogP contribution in [0, 0.1) is 0 Å². The van der Waals surface area contributed by atoms with Gasteiger partial charge in [0.2, 0.25) is 0 Å². The first kappa shape index (κ1) is 12.2. The van der Waals surface area contributed by atoms with E-state index in [1.807, 2.05) is 0 Å². The Morgan fingerprint density at radius 3 is 2.08 bits per heavy atom. The fourth-order valence-corrected chi connectivity index (χ4v) is 0.979. The molecule has 0 aromatic carbocycles. The SMILES string of the molecule is C1CCNCC1.CCOC(=O)OC. The number of methoxy groups -OCH3 is 1. The number of hydrogen-bond donors (Lipinski definition) is 1. The Labute approximate surface area is 79.6 Å². The molecule has 0 saturated carbocycles. The van der Waals surface area contributed by atoms with Crippen molar-refractivity contribution in [1.29, 1.82) is 0 Å². The maximum absolute atomic E-state index is 9.97. The molecule has 1 N–H and O–H groups in total. The molecular formula is C9H19NO3. The Bertz CT molecular complexity index is 113. The topological polar surface area (TPSA) is 47.6 Å². The maximum Gasteiger partial charge on any atom is 0.507 e. The number of ether oxygens (including phenoxy) is 2. The minimum Gasteiger partial charge on any atom is -0.438 e. The van der Waals surface area contributed by atoms with Gasteiger partial charge in [-0.05, 0) is 32.9 Å². The van der Waals surface area contributed by atoms with Crippen molar-refractivity contribution in [3.05, 3.63) is 0 Å². The molecule has 13 heavy (non-hydrogen) atoms. The van der Waals surface area contributed by atoms with Crippen LogP contribution in [0.5, 0.6) is 0 Å². The minimum atomic E-state index is -0.623. The van der Waals surface area contributed by atoms with Gasteiger partial charge in [0.25, 0.3) is 0 Å². The number of hydrogen-bond acceptors (Lipinski definition) is 4. The second kappa shape index (κ2) is 9.32. The third kappa shape index (κ3) is 9.14. The first-order chi connectivity index (χ1) is 6.31. The third-order valence-electron chi connectivity index (χ3n) is 1.64. The average molecular weight is 189 g/mol. The van der Waals surface area contributed by atoms with Gasteiger partial charge in [0.1, 0.15) is 0 Å². The van der Waals surface area contributed by atoms with Crippen molar-refractivity contribution in [3.63, 3.8) is 0 Å². The van der Waals surface area contributed by atoms with Gasteiger partial charge < -0.3 is 14.8 Å². The van der Waals surface area contributed by atoms with E-state index in [0.717, 1.165) is 0 Å². The lowest BCUT2D eigenvalue weighted by Crippen LogP contribution is -2.21. The molecule has 1 fully saturated rings. The van der Waals surface area contributed by atoms with Crippen molar-refractivity contribution in [1.82, 2.24) is 5.32 Å². The molecule has 4 nitrogen and oxygen atoms in total. The molecule has 0 bridgehead atoms. The number of carbonyl (C=O) groups excluding carboxylic acids is 1. The number of nitrogens with one attached hydrogen (secondary N) is 1. The lowest BCUT2D eigenvalue weighted by molar-refractivity contribution is 0.0771. The summed E-state index contributed by atoms with van der Waals surface area (Å²) in [6.07, 6.45) is 3.59. The number of piperidine rings is 1. The van der Waals surface area contributed by atoms with E-state index < -0.39 is 6.16 Å². The van der Waals surface area contributed by atoms with E-state index in [9.17, 15) is 4.79 Å². The van der Waals surface area contributed by atoms with Gasteiger partial charge in [-0.3, -0.25) is 0 Å². The number of rotatable bonds is 1. The molecule has 0 radical (unpaired) electrons. The molecule has 0 aliphatic carbocycles. The maximum atomic E-state index is 9.97. The quantitative estimate of drug-likeness (QED) is 0.636. The van der Waals surface area contributed by atoms with Gasteiger partial charge in [0.05, 0.1) is 13.7 Å². The van der Waals surface area contributed by atoms with Crippen LogP contribution >= 0.6 is 0 Å². The highest BCUT2D eigenvalue weighted by Crippen LogP contribution is 1.96. The zero-order valence-electron chi connectivity index (χ0n) is 8.47. The van der Waals surface area contributed by atoms with Gasteiger partial charge in [0.15, 0.2) is 0 Å². The van der Waals surface area contributed by atoms with Gasteiger partial charge >= 0.3 is 6.16 Å². The number of carbonyl (C=O) groups is 1. The zero-order valence-corrected chi connectivity index (χ0v) is 8.47. The molecule has 0 atom stereocenters. The van der Waals surface area contributed by atoms with Crippen LogP contribution in [0.1, 0.15) is 26.2 Å². The Balaban J connectivity index is 0.000000223. The standard InChI is InChI=1S/C5H11N.C4H8O3/c1-2-4-6-5-3-1;1-3-7-4(5)6-2/h6H,1-5H2;3H2,1-2H3. The summed E-state index contributed by atoms with van der Waals surface area (Å²) in [5.41, 5.74) is 0. The van der Waals surface area contributed by atoms with E-state index in [2.05, 4.69) is 14.8 Å². The summed E-state index contributed by atoms with van der Waals surface area (Å²) in [6, 6.07) is 0. The molecule has 0 unspecified atom stereocenters.